The fraction of sp³-hybridized carbons (Fsp3) is 0.292. The molecular formula is C24H27N3O4S. The molecule has 0 spiro atoms. The van der Waals surface area contributed by atoms with E-state index in [4.69, 9.17) is 17.0 Å². The Balaban J connectivity index is 1.91. The molecule has 0 aliphatic rings. The number of aliphatic hydroxyl groups excluding tert-OH is 1. The van der Waals surface area contributed by atoms with E-state index in [0.29, 0.717) is 34.9 Å². The number of methoxy groups -OCH3 is 1. The number of H-pyrrole nitrogens is 1. The van der Waals surface area contributed by atoms with Gasteiger partial charge in [0.2, 0.25) is 0 Å². The van der Waals surface area contributed by atoms with Crippen molar-refractivity contribution in [3.05, 3.63) is 75.1 Å². The van der Waals surface area contributed by atoms with Crippen molar-refractivity contribution < 1.29 is 14.6 Å². The number of rotatable bonds is 7. The van der Waals surface area contributed by atoms with Gasteiger partial charge in [-0.15, -0.1) is 0 Å². The topological polar surface area (TPSA) is 94.7 Å². The number of anilines is 1. The number of hydrogen-bond donors (Lipinski definition) is 3. The van der Waals surface area contributed by atoms with Gasteiger partial charge in [0.1, 0.15) is 0 Å². The van der Waals surface area contributed by atoms with Gasteiger partial charge in [-0.05, 0) is 67.7 Å². The van der Waals surface area contributed by atoms with Crippen LogP contribution in [0.5, 0.6) is 0 Å². The van der Waals surface area contributed by atoms with E-state index in [0.717, 1.165) is 22.0 Å². The van der Waals surface area contributed by atoms with E-state index in [1.165, 1.54) is 7.11 Å². The van der Waals surface area contributed by atoms with Crippen LogP contribution in [0.1, 0.15) is 33.5 Å². The molecule has 3 rings (SSSR count). The molecule has 7 nitrogen and oxygen atoms in total. The Morgan fingerprint density at radius 2 is 1.97 bits per heavy atom. The quantitative estimate of drug-likeness (QED) is 0.372. The van der Waals surface area contributed by atoms with Gasteiger partial charge in [0.05, 0.1) is 30.4 Å². The number of ether oxygens (including phenoxy) is 1. The Bertz CT molecular complexity index is 1210. The average Bonchev–Trinajstić information content (AvgIpc) is 2.77. The molecule has 0 bridgehead atoms. The van der Waals surface area contributed by atoms with Gasteiger partial charge in [-0.2, -0.15) is 0 Å². The number of benzene rings is 2. The van der Waals surface area contributed by atoms with E-state index in [1.54, 1.807) is 29.2 Å². The molecule has 0 radical (unpaired) electrons. The first-order valence-electron chi connectivity index (χ1n) is 10.3. The number of aromatic amines is 1. The summed E-state index contributed by atoms with van der Waals surface area (Å²) in [5.74, 6) is -0.477. The first-order chi connectivity index (χ1) is 15.3. The maximum Gasteiger partial charge on any atom is 0.339 e. The predicted octanol–water partition coefficient (Wildman–Crippen LogP) is 3.51. The van der Waals surface area contributed by atoms with Crippen LogP contribution in [0.25, 0.3) is 10.9 Å². The molecule has 1 aromatic heterocycles. The van der Waals surface area contributed by atoms with Crippen LogP contribution < -0.4 is 10.9 Å². The number of carbonyl (C=O) groups excluding carboxylic acids is 1. The molecule has 0 atom stereocenters. The van der Waals surface area contributed by atoms with Crippen molar-refractivity contribution in [2.24, 2.45) is 0 Å². The molecule has 0 aliphatic heterocycles. The van der Waals surface area contributed by atoms with Crippen molar-refractivity contribution in [1.82, 2.24) is 9.88 Å². The van der Waals surface area contributed by atoms with E-state index in [1.807, 2.05) is 32.0 Å². The summed E-state index contributed by atoms with van der Waals surface area (Å²) >= 11 is 5.60. The molecule has 3 aromatic rings. The number of aromatic nitrogens is 1. The Hall–Kier alpha value is -3.23. The molecule has 0 saturated carbocycles. The second-order valence-corrected chi connectivity index (χ2v) is 8.02. The number of para-hydroxylation sites is 1. The third-order valence-corrected chi connectivity index (χ3v) is 5.54. The van der Waals surface area contributed by atoms with Crippen molar-refractivity contribution in [2.75, 3.05) is 25.6 Å². The SMILES string of the molecule is COC(=O)c1ccccc1NC(=S)N(CCCO)Cc1cc2cc(C)cc(C)c2[nH]c1=O. The number of nitrogens with zero attached hydrogens (tertiary/aromatic N) is 1. The van der Waals surface area contributed by atoms with Crippen LogP contribution in [-0.2, 0) is 11.3 Å². The van der Waals surface area contributed by atoms with Gasteiger partial charge in [0.15, 0.2) is 5.11 Å². The van der Waals surface area contributed by atoms with Crippen LogP contribution in [0.2, 0.25) is 0 Å². The minimum absolute atomic E-state index is 0.00960. The third kappa shape index (κ3) is 5.33. The minimum atomic E-state index is -0.477. The Morgan fingerprint density at radius 3 is 2.69 bits per heavy atom. The van der Waals surface area contributed by atoms with Crippen LogP contribution in [-0.4, -0.2) is 46.3 Å². The predicted molar refractivity (Wildman–Crippen MR) is 130 cm³/mol. The van der Waals surface area contributed by atoms with Gasteiger partial charge in [0, 0.05) is 18.7 Å². The standard InChI is InChI=1S/C24H27N3O4S/c1-15-11-16(2)21-17(12-15)13-18(22(29)26-21)14-27(9-6-10-28)24(32)25-20-8-5-4-7-19(20)23(30)31-3/h4-5,7-8,11-13,28H,6,9-10,14H2,1-3H3,(H,25,32)(H,26,29). The summed E-state index contributed by atoms with van der Waals surface area (Å²) in [4.78, 5) is 29.6. The normalized spacial score (nSPS) is 10.8. The second-order valence-electron chi connectivity index (χ2n) is 7.64. The molecule has 0 amide bonds. The van der Waals surface area contributed by atoms with E-state index in [-0.39, 0.29) is 18.7 Å². The van der Waals surface area contributed by atoms with E-state index >= 15 is 0 Å². The molecule has 1 heterocycles. The van der Waals surface area contributed by atoms with E-state index in [9.17, 15) is 14.7 Å². The number of nitrogens with one attached hydrogen (secondary N) is 2. The number of hydrogen-bond acceptors (Lipinski definition) is 5. The highest BCUT2D eigenvalue weighted by atomic mass is 32.1. The number of aryl methyl sites for hydroxylation is 2. The van der Waals surface area contributed by atoms with Crippen molar-refractivity contribution in [1.29, 1.82) is 0 Å². The van der Waals surface area contributed by atoms with Gasteiger partial charge in [0.25, 0.3) is 5.56 Å². The van der Waals surface area contributed by atoms with Crippen molar-refractivity contribution in [3.63, 3.8) is 0 Å². The lowest BCUT2D eigenvalue weighted by atomic mass is 10.1. The van der Waals surface area contributed by atoms with Crippen molar-refractivity contribution in [2.45, 2.75) is 26.8 Å². The minimum Gasteiger partial charge on any atom is -0.465 e. The fourth-order valence-corrected chi connectivity index (χ4v) is 3.91. The van der Waals surface area contributed by atoms with Crippen LogP contribution in [0.4, 0.5) is 5.69 Å². The lowest BCUT2D eigenvalue weighted by Gasteiger charge is -2.26. The number of esters is 1. The summed E-state index contributed by atoms with van der Waals surface area (Å²) < 4.78 is 4.84. The first-order valence-corrected chi connectivity index (χ1v) is 10.7. The summed E-state index contributed by atoms with van der Waals surface area (Å²) in [5.41, 5.74) is 4.19. The first kappa shape index (κ1) is 23.4. The molecular weight excluding hydrogens is 426 g/mol. The Morgan fingerprint density at radius 1 is 1.22 bits per heavy atom. The number of fused-ring (bicyclic) bond motifs is 1. The van der Waals surface area contributed by atoms with Crippen molar-refractivity contribution >= 4 is 39.9 Å². The van der Waals surface area contributed by atoms with Gasteiger partial charge in [-0.1, -0.05) is 23.8 Å². The van der Waals surface area contributed by atoms with Crippen LogP contribution in [0.3, 0.4) is 0 Å². The highest BCUT2D eigenvalue weighted by molar-refractivity contribution is 7.80. The zero-order valence-electron chi connectivity index (χ0n) is 18.4. The second kappa shape index (κ2) is 10.4. The maximum absolute atomic E-state index is 12.8. The number of pyridine rings is 1. The molecule has 8 heteroatoms. The van der Waals surface area contributed by atoms with Gasteiger partial charge in [-0.25, -0.2) is 4.79 Å². The molecule has 0 saturated heterocycles. The van der Waals surface area contributed by atoms with Crippen LogP contribution in [0.15, 0.2) is 47.3 Å². The van der Waals surface area contributed by atoms with E-state index < -0.39 is 5.97 Å². The van der Waals surface area contributed by atoms with Crippen LogP contribution in [0, 0.1) is 13.8 Å². The van der Waals surface area contributed by atoms with Crippen LogP contribution >= 0.6 is 12.2 Å². The lowest BCUT2D eigenvalue weighted by molar-refractivity contribution is 0.0602. The number of carbonyl (C=O) groups is 1. The average molecular weight is 454 g/mol. The summed E-state index contributed by atoms with van der Waals surface area (Å²) in [6, 6.07) is 12.8. The maximum atomic E-state index is 12.8. The fourth-order valence-electron chi connectivity index (χ4n) is 3.64. The summed E-state index contributed by atoms with van der Waals surface area (Å²) in [7, 11) is 1.32. The zero-order chi connectivity index (χ0) is 23.3. The monoisotopic (exact) mass is 453 g/mol. The van der Waals surface area contributed by atoms with Gasteiger partial charge < -0.3 is 25.0 Å². The largest absolute Gasteiger partial charge is 0.465 e. The highest BCUT2D eigenvalue weighted by Crippen LogP contribution is 2.20. The third-order valence-electron chi connectivity index (χ3n) is 5.18. The van der Waals surface area contributed by atoms with Gasteiger partial charge >= 0.3 is 5.97 Å². The molecule has 0 aliphatic carbocycles. The summed E-state index contributed by atoms with van der Waals surface area (Å²) in [6.07, 6.45) is 0.476. The molecule has 32 heavy (non-hydrogen) atoms. The highest BCUT2D eigenvalue weighted by Gasteiger charge is 2.17. The summed E-state index contributed by atoms with van der Waals surface area (Å²) in [5, 5.41) is 13.7. The molecule has 0 fully saturated rings. The number of aliphatic hydroxyl groups is 1. The Labute approximate surface area is 192 Å². The zero-order valence-corrected chi connectivity index (χ0v) is 19.2. The van der Waals surface area contributed by atoms with Gasteiger partial charge in [-0.3, -0.25) is 4.79 Å². The lowest BCUT2D eigenvalue weighted by Crippen LogP contribution is -2.37. The smallest absolute Gasteiger partial charge is 0.339 e. The Kier molecular flexibility index (Phi) is 7.61. The van der Waals surface area contributed by atoms with E-state index in [2.05, 4.69) is 10.3 Å². The number of thiocarbonyl (C=S) groups is 1. The molecule has 3 N–H and O–H groups in total. The molecule has 2 aromatic carbocycles. The molecule has 168 valence electrons. The molecule has 0 unspecified atom stereocenters. The van der Waals surface area contributed by atoms with Crippen molar-refractivity contribution in [3.8, 4) is 0 Å². The summed E-state index contributed by atoms with van der Waals surface area (Å²) in [6.45, 7) is 4.67.